The summed E-state index contributed by atoms with van der Waals surface area (Å²) in [4.78, 5) is 2.41. The number of aliphatic hydroxyl groups excluding tert-OH is 1. The summed E-state index contributed by atoms with van der Waals surface area (Å²) in [5, 5.41) is 10.4. The SMILES string of the molecule is OC(c1ccc(F)cc1)c1cc2c(s1)CCCCC2. The van der Waals surface area contributed by atoms with Crippen LogP contribution in [0.5, 0.6) is 0 Å². The Morgan fingerprint density at radius 3 is 2.58 bits per heavy atom. The second-order valence-corrected chi connectivity index (χ2v) is 6.28. The van der Waals surface area contributed by atoms with E-state index in [2.05, 4.69) is 6.07 Å². The van der Waals surface area contributed by atoms with Gasteiger partial charge in [0.15, 0.2) is 0 Å². The Labute approximate surface area is 116 Å². The monoisotopic (exact) mass is 276 g/mol. The van der Waals surface area contributed by atoms with E-state index in [-0.39, 0.29) is 5.82 Å². The second kappa shape index (κ2) is 5.43. The molecule has 2 aromatic rings. The minimum Gasteiger partial charge on any atom is -0.383 e. The summed E-state index contributed by atoms with van der Waals surface area (Å²) < 4.78 is 12.9. The Hall–Kier alpha value is -1.19. The predicted molar refractivity (Wildman–Crippen MR) is 76.0 cm³/mol. The highest BCUT2D eigenvalue weighted by atomic mass is 32.1. The number of aryl methyl sites for hydroxylation is 2. The first-order valence-corrected chi connectivity index (χ1v) is 7.61. The molecule has 0 amide bonds. The van der Waals surface area contributed by atoms with E-state index in [1.54, 1.807) is 23.5 Å². The van der Waals surface area contributed by atoms with E-state index in [0.717, 1.165) is 23.3 Å². The summed E-state index contributed by atoms with van der Waals surface area (Å²) in [5.41, 5.74) is 2.16. The first-order chi connectivity index (χ1) is 9.24. The maximum Gasteiger partial charge on any atom is 0.123 e. The molecule has 1 nitrogen and oxygen atoms in total. The highest BCUT2D eigenvalue weighted by Crippen LogP contribution is 2.34. The molecular formula is C16H17FOS. The molecule has 3 rings (SSSR count). The van der Waals surface area contributed by atoms with Crippen molar-refractivity contribution in [2.24, 2.45) is 0 Å². The van der Waals surface area contributed by atoms with Crippen molar-refractivity contribution >= 4 is 11.3 Å². The third-order valence-electron chi connectivity index (χ3n) is 3.72. The molecule has 0 bridgehead atoms. The molecule has 100 valence electrons. The van der Waals surface area contributed by atoms with E-state index in [1.807, 2.05) is 0 Å². The molecule has 0 fully saturated rings. The average Bonchev–Trinajstić information content (AvgIpc) is 2.70. The number of halogens is 1. The van der Waals surface area contributed by atoms with E-state index < -0.39 is 6.10 Å². The van der Waals surface area contributed by atoms with Crippen LogP contribution in [0.25, 0.3) is 0 Å². The molecule has 0 saturated carbocycles. The number of thiophene rings is 1. The first kappa shape index (κ1) is 12.8. The van der Waals surface area contributed by atoms with Gasteiger partial charge in [0, 0.05) is 9.75 Å². The molecule has 0 radical (unpaired) electrons. The lowest BCUT2D eigenvalue weighted by atomic mass is 10.1. The lowest BCUT2D eigenvalue weighted by molar-refractivity contribution is 0.224. The Balaban J connectivity index is 1.87. The number of fused-ring (bicyclic) bond motifs is 1. The van der Waals surface area contributed by atoms with Crippen LogP contribution in [0.15, 0.2) is 30.3 Å². The van der Waals surface area contributed by atoms with Crippen LogP contribution in [0.1, 0.15) is 46.2 Å². The summed E-state index contributed by atoms with van der Waals surface area (Å²) >= 11 is 1.71. The fourth-order valence-corrected chi connectivity index (χ4v) is 3.91. The van der Waals surface area contributed by atoms with Gasteiger partial charge in [-0.1, -0.05) is 18.6 Å². The van der Waals surface area contributed by atoms with Crippen molar-refractivity contribution in [3.8, 4) is 0 Å². The Morgan fingerprint density at radius 1 is 1.05 bits per heavy atom. The van der Waals surface area contributed by atoms with Crippen molar-refractivity contribution in [1.82, 2.24) is 0 Å². The highest BCUT2D eigenvalue weighted by molar-refractivity contribution is 7.12. The van der Waals surface area contributed by atoms with Gasteiger partial charge in [-0.2, -0.15) is 0 Å². The van der Waals surface area contributed by atoms with Gasteiger partial charge < -0.3 is 5.11 Å². The van der Waals surface area contributed by atoms with Crippen molar-refractivity contribution in [3.63, 3.8) is 0 Å². The smallest absolute Gasteiger partial charge is 0.123 e. The lowest BCUT2D eigenvalue weighted by Crippen LogP contribution is -1.97. The number of rotatable bonds is 2. The molecule has 1 aliphatic rings. The van der Waals surface area contributed by atoms with Crippen molar-refractivity contribution in [2.45, 2.75) is 38.2 Å². The van der Waals surface area contributed by atoms with Gasteiger partial charge in [-0.25, -0.2) is 4.39 Å². The summed E-state index contributed by atoms with van der Waals surface area (Å²) in [7, 11) is 0. The molecule has 1 heterocycles. The largest absolute Gasteiger partial charge is 0.383 e. The van der Waals surface area contributed by atoms with Crippen LogP contribution in [0.2, 0.25) is 0 Å². The Kier molecular flexibility index (Phi) is 3.67. The lowest BCUT2D eigenvalue weighted by Gasteiger charge is -2.08. The zero-order chi connectivity index (χ0) is 13.2. The zero-order valence-corrected chi connectivity index (χ0v) is 11.5. The summed E-state index contributed by atoms with van der Waals surface area (Å²) in [5.74, 6) is -0.266. The van der Waals surface area contributed by atoms with Gasteiger partial charge in [0.25, 0.3) is 0 Å². The topological polar surface area (TPSA) is 20.2 Å². The van der Waals surface area contributed by atoms with Crippen LogP contribution in [0.3, 0.4) is 0 Å². The summed E-state index contributed by atoms with van der Waals surface area (Å²) in [6, 6.07) is 8.25. The molecule has 0 spiro atoms. The fourth-order valence-electron chi connectivity index (χ4n) is 2.63. The second-order valence-electron chi connectivity index (χ2n) is 5.11. The minimum atomic E-state index is -0.627. The molecule has 19 heavy (non-hydrogen) atoms. The number of hydrogen-bond donors (Lipinski definition) is 1. The van der Waals surface area contributed by atoms with Gasteiger partial charge in [-0.3, -0.25) is 0 Å². The minimum absolute atomic E-state index is 0.266. The molecule has 1 atom stereocenters. The predicted octanol–water partition coefficient (Wildman–Crippen LogP) is 4.24. The molecule has 0 aliphatic heterocycles. The molecule has 1 unspecified atom stereocenters. The van der Waals surface area contributed by atoms with Crippen molar-refractivity contribution in [2.75, 3.05) is 0 Å². The zero-order valence-electron chi connectivity index (χ0n) is 10.7. The molecular weight excluding hydrogens is 259 g/mol. The molecule has 1 aromatic heterocycles. The van der Waals surface area contributed by atoms with Gasteiger partial charge in [0.05, 0.1) is 0 Å². The van der Waals surface area contributed by atoms with E-state index in [1.165, 1.54) is 41.8 Å². The average molecular weight is 276 g/mol. The fraction of sp³-hybridized carbons (Fsp3) is 0.375. The van der Waals surface area contributed by atoms with Crippen LogP contribution < -0.4 is 0 Å². The third kappa shape index (κ3) is 2.72. The van der Waals surface area contributed by atoms with E-state index in [9.17, 15) is 9.50 Å². The maximum atomic E-state index is 12.9. The van der Waals surface area contributed by atoms with Gasteiger partial charge in [0.1, 0.15) is 11.9 Å². The van der Waals surface area contributed by atoms with Crippen LogP contribution in [-0.2, 0) is 12.8 Å². The summed E-state index contributed by atoms with van der Waals surface area (Å²) in [6.07, 6.45) is 5.43. The molecule has 1 aromatic carbocycles. The standard InChI is InChI=1S/C16H17FOS/c17-13-8-6-11(7-9-13)16(18)15-10-12-4-2-1-3-5-14(12)19-15/h6-10,16,18H,1-5H2. The van der Waals surface area contributed by atoms with Gasteiger partial charge in [-0.05, 0) is 55.0 Å². The number of hydrogen-bond acceptors (Lipinski definition) is 2. The van der Waals surface area contributed by atoms with Crippen LogP contribution >= 0.6 is 11.3 Å². The van der Waals surface area contributed by atoms with Crippen molar-refractivity contribution in [3.05, 3.63) is 57.0 Å². The summed E-state index contributed by atoms with van der Waals surface area (Å²) in [6.45, 7) is 0. The van der Waals surface area contributed by atoms with E-state index in [4.69, 9.17) is 0 Å². The van der Waals surface area contributed by atoms with Crippen molar-refractivity contribution < 1.29 is 9.50 Å². The molecule has 1 aliphatic carbocycles. The first-order valence-electron chi connectivity index (χ1n) is 6.79. The van der Waals surface area contributed by atoms with Gasteiger partial charge >= 0.3 is 0 Å². The van der Waals surface area contributed by atoms with Crippen LogP contribution in [0.4, 0.5) is 4.39 Å². The third-order valence-corrected chi connectivity index (χ3v) is 5.01. The quantitative estimate of drug-likeness (QED) is 0.813. The Bertz CT molecular complexity index is 535. The molecule has 1 N–H and O–H groups in total. The number of aliphatic hydroxyl groups is 1. The number of benzene rings is 1. The normalized spacial score (nSPS) is 16.7. The molecule has 3 heteroatoms. The van der Waals surface area contributed by atoms with Crippen LogP contribution in [-0.4, -0.2) is 5.11 Å². The van der Waals surface area contributed by atoms with Crippen molar-refractivity contribution in [1.29, 1.82) is 0 Å². The highest BCUT2D eigenvalue weighted by Gasteiger charge is 2.18. The van der Waals surface area contributed by atoms with Gasteiger partial charge in [0.2, 0.25) is 0 Å². The van der Waals surface area contributed by atoms with E-state index >= 15 is 0 Å². The Morgan fingerprint density at radius 2 is 1.79 bits per heavy atom. The van der Waals surface area contributed by atoms with E-state index in [0.29, 0.717) is 0 Å². The molecule has 0 saturated heterocycles. The van der Waals surface area contributed by atoms with Gasteiger partial charge in [-0.15, -0.1) is 11.3 Å². The maximum absolute atomic E-state index is 12.9. The van der Waals surface area contributed by atoms with Crippen LogP contribution in [0, 0.1) is 5.82 Å².